The van der Waals surface area contributed by atoms with E-state index >= 15 is 0 Å². The molecule has 2 aromatic heterocycles. The third-order valence-corrected chi connectivity index (χ3v) is 3.82. The van der Waals surface area contributed by atoms with Crippen molar-refractivity contribution in [2.24, 2.45) is 4.99 Å². The molecule has 0 saturated carbocycles. The number of aromatic amines is 1. The lowest BCUT2D eigenvalue weighted by Gasteiger charge is -2.09. The minimum Gasteiger partial charge on any atom is -0.336 e. The molecule has 0 fully saturated rings. The summed E-state index contributed by atoms with van der Waals surface area (Å²) in [5.74, 6) is -0.964. The number of amidine groups is 1. The number of hydrogen-bond donors (Lipinski definition) is 2. The van der Waals surface area contributed by atoms with Crippen LogP contribution in [-0.2, 0) is 0 Å². The number of nitrogens with one attached hydrogen (secondary N) is 2. The molecule has 3 heterocycles. The second-order valence-electron chi connectivity index (χ2n) is 5.78. The van der Waals surface area contributed by atoms with Crippen LogP contribution in [0.4, 0.5) is 20.3 Å². The molecule has 0 spiro atoms. The van der Waals surface area contributed by atoms with Gasteiger partial charge in [-0.25, -0.2) is 13.8 Å². The summed E-state index contributed by atoms with van der Waals surface area (Å²) in [5.41, 5.74) is 1.75. The van der Waals surface area contributed by atoms with E-state index in [4.69, 9.17) is 0 Å². The van der Waals surface area contributed by atoms with E-state index in [0.29, 0.717) is 17.2 Å². The molecule has 1 aliphatic heterocycles. The van der Waals surface area contributed by atoms with Gasteiger partial charge in [0.05, 0.1) is 28.7 Å². The van der Waals surface area contributed by atoms with Gasteiger partial charge >= 0.3 is 0 Å². The van der Waals surface area contributed by atoms with Gasteiger partial charge in [0.25, 0.3) is 0 Å². The highest BCUT2D eigenvalue weighted by molar-refractivity contribution is 6.12. The SMILES string of the molecule is CC(C)n1cc2c(n1)N=C(c1c(F)cccc1F)Nc1cn[nH]c1-2. The number of rotatable bonds is 2. The third kappa shape index (κ3) is 2.18. The molecule has 1 aliphatic rings. The summed E-state index contributed by atoms with van der Waals surface area (Å²) in [6.45, 7) is 3.97. The maximum atomic E-state index is 14.2. The Hall–Kier alpha value is -3.03. The van der Waals surface area contributed by atoms with Crippen LogP contribution < -0.4 is 5.32 Å². The molecule has 0 unspecified atom stereocenters. The molecule has 0 atom stereocenters. The molecule has 3 aromatic rings. The summed E-state index contributed by atoms with van der Waals surface area (Å²) >= 11 is 0. The minimum atomic E-state index is -0.696. The fraction of sp³-hybridized carbons (Fsp3) is 0.188. The van der Waals surface area contributed by atoms with E-state index in [1.54, 1.807) is 10.9 Å². The van der Waals surface area contributed by atoms with Crippen molar-refractivity contribution in [1.29, 1.82) is 0 Å². The average molecular weight is 328 g/mol. The first-order chi connectivity index (χ1) is 11.5. The van der Waals surface area contributed by atoms with Crippen LogP contribution >= 0.6 is 0 Å². The molecule has 0 saturated heterocycles. The van der Waals surface area contributed by atoms with Gasteiger partial charge in [0.2, 0.25) is 0 Å². The second-order valence-corrected chi connectivity index (χ2v) is 5.78. The Morgan fingerprint density at radius 2 is 1.92 bits per heavy atom. The van der Waals surface area contributed by atoms with Gasteiger partial charge in [-0.3, -0.25) is 9.78 Å². The number of aliphatic imine (C=N–C) groups is 1. The molecular formula is C16H14F2N6. The van der Waals surface area contributed by atoms with E-state index in [9.17, 15) is 8.78 Å². The van der Waals surface area contributed by atoms with E-state index < -0.39 is 11.6 Å². The first kappa shape index (κ1) is 14.6. The minimum absolute atomic E-state index is 0.0565. The normalized spacial score (nSPS) is 13.1. The number of anilines is 1. The highest BCUT2D eigenvalue weighted by Gasteiger charge is 2.25. The molecule has 0 radical (unpaired) electrons. The average Bonchev–Trinajstić information content (AvgIpc) is 3.11. The Bertz CT molecular complexity index is 933. The van der Waals surface area contributed by atoms with Crippen molar-refractivity contribution in [3.8, 4) is 11.3 Å². The van der Waals surface area contributed by atoms with Crippen LogP contribution in [0, 0.1) is 11.6 Å². The van der Waals surface area contributed by atoms with Gasteiger partial charge in [0, 0.05) is 12.2 Å². The van der Waals surface area contributed by atoms with Crippen LogP contribution in [0.2, 0.25) is 0 Å². The summed E-state index contributed by atoms with van der Waals surface area (Å²) in [5, 5.41) is 14.3. The highest BCUT2D eigenvalue weighted by Crippen LogP contribution is 2.37. The number of nitrogens with zero attached hydrogens (tertiary/aromatic N) is 4. The molecule has 0 amide bonds. The smallest absolute Gasteiger partial charge is 0.185 e. The highest BCUT2D eigenvalue weighted by atomic mass is 19.1. The maximum absolute atomic E-state index is 14.2. The summed E-state index contributed by atoms with van der Waals surface area (Å²) in [7, 11) is 0. The third-order valence-electron chi connectivity index (χ3n) is 3.82. The largest absolute Gasteiger partial charge is 0.336 e. The van der Waals surface area contributed by atoms with Crippen molar-refractivity contribution >= 4 is 17.3 Å². The van der Waals surface area contributed by atoms with Gasteiger partial charge in [0.1, 0.15) is 17.5 Å². The van der Waals surface area contributed by atoms with E-state index in [1.165, 1.54) is 18.2 Å². The Morgan fingerprint density at radius 1 is 1.17 bits per heavy atom. The molecule has 4 rings (SSSR count). The summed E-state index contributed by atoms with van der Waals surface area (Å²) in [6.07, 6.45) is 3.38. The Labute approximate surface area is 136 Å². The summed E-state index contributed by atoms with van der Waals surface area (Å²) in [4.78, 5) is 4.37. The topological polar surface area (TPSA) is 70.9 Å². The van der Waals surface area contributed by atoms with Crippen molar-refractivity contribution in [3.63, 3.8) is 0 Å². The summed E-state index contributed by atoms with van der Waals surface area (Å²) < 4.78 is 30.1. The quantitative estimate of drug-likeness (QED) is 0.754. The molecular weight excluding hydrogens is 314 g/mol. The van der Waals surface area contributed by atoms with Crippen LogP contribution in [0.1, 0.15) is 25.5 Å². The maximum Gasteiger partial charge on any atom is 0.185 e. The lowest BCUT2D eigenvalue weighted by atomic mass is 10.1. The Kier molecular flexibility index (Phi) is 3.19. The standard InChI is InChI=1S/C16H14F2N6/c1-8(2)24-7-9-14-12(6-19-22-14)20-16(21-15(9)23-24)13-10(17)4-3-5-11(13)18/h3-8H,1-2H3,(H,19,22)(H,20,21,23). The first-order valence-corrected chi connectivity index (χ1v) is 7.47. The molecule has 0 bridgehead atoms. The predicted molar refractivity (Wildman–Crippen MR) is 86.4 cm³/mol. The fourth-order valence-electron chi connectivity index (χ4n) is 2.60. The van der Waals surface area contributed by atoms with Crippen LogP contribution in [-0.4, -0.2) is 25.8 Å². The Balaban J connectivity index is 1.96. The lowest BCUT2D eigenvalue weighted by Crippen LogP contribution is -2.16. The van der Waals surface area contributed by atoms with Crippen LogP contribution in [0.15, 0.2) is 35.6 Å². The number of halogens is 2. The molecule has 1 aromatic carbocycles. The zero-order valence-corrected chi connectivity index (χ0v) is 13.0. The number of fused-ring (bicyclic) bond motifs is 3. The lowest BCUT2D eigenvalue weighted by molar-refractivity contribution is 0.533. The monoisotopic (exact) mass is 328 g/mol. The zero-order valence-electron chi connectivity index (χ0n) is 13.0. The predicted octanol–water partition coefficient (Wildman–Crippen LogP) is 3.64. The van der Waals surface area contributed by atoms with E-state index in [0.717, 1.165) is 5.56 Å². The van der Waals surface area contributed by atoms with E-state index in [2.05, 4.69) is 25.6 Å². The van der Waals surface area contributed by atoms with Gasteiger partial charge in [-0.05, 0) is 26.0 Å². The molecule has 0 aliphatic carbocycles. The van der Waals surface area contributed by atoms with Crippen LogP contribution in [0.3, 0.4) is 0 Å². The van der Waals surface area contributed by atoms with Crippen molar-refractivity contribution < 1.29 is 8.78 Å². The van der Waals surface area contributed by atoms with E-state index in [-0.39, 0.29) is 17.4 Å². The zero-order chi connectivity index (χ0) is 16.8. The van der Waals surface area contributed by atoms with Gasteiger partial charge in [-0.1, -0.05) is 6.07 Å². The van der Waals surface area contributed by atoms with Gasteiger partial charge in [-0.2, -0.15) is 10.2 Å². The molecule has 24 heavy (non-hydrogen) atoms. The van der Waals surface area contributed by atoms with Crippen LogP contribution in [0.5, 0.6) is 0 Å². The fourth-order valence-corrected chi connectivity index (χ4v) is 2.60. The number of H-pyrrole nitrogens is 1. The van der Waals surface area contributed by atoms with E-state index in [1.807, 2.05) is 20.0 Å². The Morgan fingerprint density at radius 3 is 2.62 bits per heavy atom. The molecule has 122 valence electrons. The number of aromatic nitrogens is 4. The second kappa shape index (κ2) is 5.26. The molecule has 2 N–H and O–H groups in total. The van der Waals surface area contributed by atoms with Gasteiger partial charge in [-0.15, -0.1) is 0 Å². The van der Waals surface area contributed by atoms with Crippen LogP contribution in [0.25, 0.3) is 11.3 Å². The number of hydrogen-bond acceptors (Lipinski definition) is 4. The van der Waals surface area contributed by atoms with Crippen molar-refractivity contribution in [2.75, 3.05) is 5.32 Å². The van der Waals surface area contributed by atoms with Crippen molar-refractivity contribution in [1.82, 2.24) is 20.0 Å². The first-order valence-electron chi connectivity index (χ1n) is 7.47. The van der Waals surface area contributed by atoms with Crippen molar-refractivity contribution in [2.45, 2.75) is 19.9 Å². The summed E-state index contributed by atoms with van der Waals surface area (Å²) in [6, 6.07) is 3.82. The van der Waals surface area contributed by atoms with Crippen molar-refractivity contribution in [3.05, 3.63) is 47.8 Å². The van der Waals surface area contributed by atoms with Gasteiger partial charge < -0.3 is 5.32 Å². The molecule has 8 heteroatoms. The van der Waals surface area contributed by atoms with Gasteiger partial charge in [0.15, 0.2) is 5.82 Å². The number of benzene rings is 1. The molecule has 6 nitrogen and oxygen atoms in total.